The topological polar surface area (TPSA) is 6.48 Å². The maximum atomic E-state index is 2.51. The highest BCUT2D eigenvalue weighted by molar-refractivity contribution is 7.26. The third kappa shape index (κ3) is 6.05. The Hall–Kier alpha value is -8.76. The molecule has 2 aliphatic rings. The Morgan fingerprint density at radius 2 is 0.857 bits per heavy atom. The van der Waals surface area contributed by atoms with E-state index in [9.17, 15) is 0 Å². The summed E-state index contributed by atoms with van der Waals surface area (Å²) in [5.41, 5.74) is 21.0. The molecule has 2 heterocycles. The lowest BCUT2D eigenvalue weighted by molar-refractivity contribution is 0.752. The van der Waals surface area contributed by atoms with Crippen molar-refractivity contribution in [3.8, 4) is 44.5 Å². The van der Waals surface area contributed by atoms with Crippen LogP contribution in [0.5, 0.6) is 0 Å². The predicted molar refractivity (Wildman–Crippen MR) is 296 cm³/mol. The first-order valence-electron chi connectivity index (χ1n) is 24.1. The molecule has 70 heavy (non-hydrogen) atoms. The quantitative estimate of drug-likeness (QED) is 0.157. The van der Waals surface area contributed by atoms with Crippen molar-refractivity contribution in [1.82, 2.24) is 0 Å². The fraction of sp³-hybridized carbons (Fsp3) is 0.0149. The number of hydrogen-bond acceptors (Lipinski definition) is 3. The molecule has 1 aliphatic carbocycles. The highest BCUT2D eigenvalue weighted by Gasteiger charge is 2.52. The van der Waals surface area contributed by atoms with E-state index < -0.39 is 5.41 Å². The summed E-state index contributed by atoms with van der Waals surface area (Å²) in [6.45, 7) is 0. The van der Waals surface area contributed by atoms with E-state index in [0.717, 1.165) is 28.3 Å². The Bertz CT molecular complexity index is 3920. The molecule has 0 bridgehead atoms. The Balaban J connectivity index is 1.01. The van der Waals surface area contributed by atoms with Gasteiger partial charge >= 0.3 is 0 Å². The molecule has 0 unspecified atom stereocenters. The van der Waals surface area contributed by atoms with Crippen LogP contribution in [0.25, 0.3) is 64.7 Å². The van der Waals surface area contributed by atoms with Crippen molar-refractivity contribution in [2.45, 2.75) is 5.41 Å². The molecule has 3 heteroatoms. The molecular formula is C67H44N2S. The van der Waals surface area contributed by atoms with Crippen LogP contribution in [0.15, 0.2) is 267 Å². The highest BCUT2D eigenvalue weighted by atomic mass is 32.1. The Labute approximate surface area is 412 Å². The Morgan fingerprint density at radius 3 is 1.61 bits per heavy atom. The van der Waals surface area contributed by atoms with Gasteiger partial charge in [-0.05, 0) is 122 Å². The third-order valence-electron chi connectivity index (χ3n) is 14.7. The number of hydrogen-bond donors (Lipinski definition) is 0. The van der Waals surface area contributed by atoms with Gasteiger partial charge in [-0.3, -0.25) is 0 Å². The molecule has 12 aromatic rings. The molecule has 0 amide bonds. The molecule has 14 rings (SSSR count). The van der Waals surface area contributed by atoms with Crippen LogP contribution >= 0.6 is 11.3 Å². The summed E-state index contributed by atoms with van der Waals surface area (Å²) >= 11 is 1.88. The van der Waals surface area contributed by atoms with Crippen molar-refractivity contribution in [3.05, 3.63) is 289 Å². The lowest BCUT2D eigenvalue weighted by atomic mass is 9.64. The average Bonchev–Trinajstić information content (AvgIpc) is 3.96. The van der Waals surface area contributed by atoms with E-state index in [1.165, 1.54) is 92.7 Å². The van der Waals surface area contributed by atoms with Gasteiger partial charge in [0.25, 0.3) is 0 Å². The number of nitrogens with zero attached hydrogens (tertiary/aromatic N) is 2. The maximum absolute atomic E-state index is 2.51. The zero-order valence-corrected chi connectivity index (χ0v) is 39.0. The van der Waals surface area contributed by atoms with Gasteiger partial charge in [0.15, 0.2) is 0 Å². The number of rotatable bonds is 7. The number of para-hydroxylation sites is 4. The molecular weight excluding hydrogens is 865 g/mol. The SMILES string of the molecule is c1ccc(-c2ccccc2-c2ccccc2N(c2ccc(-c3cccc4c3sc3ccccc34)cc2)c2ccc3c(c2)C2(c4ccccc4-3)c3ccccc3N(c3ccccc3)c3ccccc32)cc1. The van der Waals surface area contributed by atoms with Crippen LogP contribution in [0, 0.1) is 0 Å². The van der Waals surface area contributed by atoms with Crippen molar-refractivity contribution in [1.29, 1.82) is 0 Å². The van der Waals surface area contributed by atoms with Crippen molar-refractivity contribution in [3.63, 3.8) is 0 Å². The average molecular weight is 909 g/mol. The summed E-state index contributed by atoms with van der Waals surface area (Å²) in [6.07, 6.45) is 0. The predicted octanol–water partition coefficient (Wildman–Crippen LogP) is 18.7. The standard InChI is InChI=1S/C67H44N2S/c1-3-20-45(21-4-1)50-24-7-8-25-52(50)55-27-10-15-34-62(55)68(48-40-38-46(39-41-48)51-29-19-30-57-56-28-11-18-37-65(56)70-66(51)57)49-42-43-54-53-26-9-12-31-58(53)67(61(54)44-49)59-32-13-16-35-63(59)69(47-22-5-2-6-23-47)64-36-17-14-33-60(64)67/h1-44H. The first-order valence-corrected chi connectivity index (χ1v) is 24.9. The summed E-state index contributed by atoms with van der Waals surface area (Å²) in [7, 11) is 0. The zero-order valence-electron chi connectivity index (χ0n) is 38.2. The number of benzene rings is 11. The molecule has 0 radical (unpaired) electrons. The van der Waals surface area contributed by atoms with Gasteiger partial charge in [-0.2, -0.15) is 0 Å². The molecule has 328 valence electrons. The number of fused-ring (bicyclic) bond motifs is 12. The van der Waals surface area contributed by atoms with Crippen LogP contribution < -0.4 is 9.80 Å². The molecule has 0 N–H and O–H groups in total. The summed E-state index contributed by atoms with van der Waals surface area (Å²) in [5, 5.41) is 2.62. The smallest absolute Gasteiger partial charge is 0.0755 e. The summed E-state index contributed by atoms with van der Waals surface area (Å²) in [5.74, 6) is 0. The third-order valence-corrected chi connectivity index (χ3v) is 15.9. The van der Waals surface area contributed by atoms with Crippen molar-refractivity contribution in [2.24, 2.45) is 0 Å². The largest absolute Gasteiger partial charge is 0.310 e. The van der Waals surface area contributed by atoms with Gasteiger partial charge in [0.2, 0.25) is 0 Å². The van der Waals surface area contributed by atoms with Gasteiger partial charge in [-0.25, -0.2) is 0 Å². The van der Waals surface area contributed by atoms with Crippen LogP contribution in [0.4, 0.5) is 34.1 Å². The van der Waals surface area contributed by atoms with Crippen molar-refractivity contribution >= 4 is 65.6 Å². The monoisotopic (exact) mass is 908 g/mol. The lowest BCUT2D eigenvalue weighted by Gasteiger charge is -2.45. The molecule has 2 nitrogen and oxygen atoms in total. The molecule has 1 spiro atoms. The summed E-state index contributed by atoms with van der Waals surface area (Å²) in [4.78, 5) is 4.95. The highest BCUT2D eigenvalue weighted by Crippen LogP contribution is 2.64. The van der Waals surface area contributed by atoms with Crippen LogP contribution in [-0.4, -0.2) is 0 Å². The van der Waals surface area contributed by atoms with Gasteiger partial charge in [-0.15, -0.1) is 11.3 Å². The van der Waals surface area contributed by atoms with E-state index in [1.807, 2.05) is 11.3 Å². The molecule has 0 saturated heterocycles. The van der Waals surface area contributed by atoms with E-state index in [1.54, 1.807) is 0 Å². The molecule has 0 fully saturated rings. The van der Waals surface area contributed by atoms with Crippen LogP contribution in [0.1, 0.15) is 22.3 Å². The van der Waals surface area contributed by atoms with Gasteiger partial charge < -0.3 is 9.80 Å². The molecule has 1 aliphatic heterocycles. The second kappa shape index (κ2) is 16.2. The zero-order chi connectivity index (χ0) is 46.2. The van der Waals surface area contributed by atoms with E-state index in [2.05, 4.69) is 277 Å². The van der Waals surface area contributed by atoms with Gasteiger partial charge in [0, 0.05) is 42.8 Å². The second-order valence-corrected chi connectivity index (χ2v) is 19.4. The minimum absolute atomic E-state index is 0.599. The number of anilines is 6. The van der Waals surface area contributed by atoms with Crippen molar-refractivity contribution in [2.75, 3.05) is 9.80 Å². The van der Waals surface area contributed by atoms with Gasteiger partial charge in [0.1, 0.15) is 0 Å². The Kier molecular flexibility index (Phi) is 9.33. The van der Waals surface area contributed by atoms with E-state index >= 15 is 0 Å². The minimum atomic E-state index is -0.599. The van der Waals surface area contributed by atoms with Crippen molar-refractivity contribution < 1.29 is 0 Å². The van der Waals surface area contributed by atoms with E-state index in [0.29, 0.717) is 0 Å². The summed E-state index contributed by atoms with van der Waals surface area (Å²) < 4.78 is 2.63. The minimum Gasteiger partial charge on any atom is -0.310 e. The van der Waals surface area contributed by atoms with Crippen LogP contribution in [0.3, 0.4) is 0 Å². The van der Waals surface area contributed by atoms with Gasteiger partial charge in [0.05, 0.1) is 22.5 Å². The maximum Gasteiger partial charge on any atom is 0.0755 e. The first kappa shape index (κ1) is 40.3. The second-order valence-electron chi connectivity index (χ2n) is 18.3. The normalized spacial score (nSPS) is 12.9. The molecule has 11 aromatic carbocycles. The Morgan fingerprint density at radius 1 is 0.329 bits per heavy atom. The molecule has 1 aromatic heterocycles. The van der Waals surface area contributed by atoms with E-state index in [4.69, 9.17) is 0 Å². The van der Waals surface area contributed by atoms with Crippen LogP contribution in [-0.2, 0) is 5.41 Å². The van der Waals surface area contributed by atoms with E-state index in [-0.39, 0.29) is 0 Å². The fourth-order valence-electron chi connectivity index (χ4n) is 11.8. The van der Waals surface area contributed by atoms with Gasteiger partial charge in [-0.1, -0.05) is 206 Å². The number of thiophene rings is 1. The fourth-order valence-corrected chi connectivity index (χ4v) is 13.0. The van der Waals surface area contributed by atoms with Crippen LogP contribution in [0.2, 0.25) is 0 Å². The first-order chi connectivity index (χ1) is 34.8. The molecule has 0 saturated carbocycles. The lowest BCUT2D eigenvalue weighted by Crippen LogP contribution is -2.36. The molecule has 0 atom stereocenters. The summed E-state index contributed by atoms with van der Waals surface area (Å²) in [6, 6.07) is 98.7.